The van der Waals surface area contributed by atoms with Crippen molar-refractivity contribution in [2.75, 3.05) is 6.61 Å². The summed E-state index contributed by atoms with van der Waals surface area (Å²) in [6.07, 6.45) is 0. The van der Waals surface area contributed by atoms with E-state index in [1.807, 2.05) is 48.5 Å². The van der Waals surface area contributed by atoms with Crippen molar-refractivity contribution in [2.24, 2.45) is 0 Å². The fourth-order valence-electron chi connectivity index (χ4n) is 3.64. The van der Waals surface area contributed by atoms with Crippen molar-refractivity contribution < 1.29 is 9.47 Å². The highest BCUT2D eigenvalue weighted by molar-refractivity contribution is 5.75. The number of hydrogen-bond acceptors (Lipinski definition) is 3. The first-order valence-corrected chi connectivity index (χ1v) is 10.5. The summed E-state index contributed by atoms with van der Waals surface area (Å²) in [5.41, 5.74) is 4.52. The quantitative estimate of drug-likeness (QED) is 0.357. The highest BCUT2D eigenvalue weighted by Crippen LogP contribution is 2.27. The van der Waals surface area contributed by atoms with Crippen molar-refractivity contribution in [1.29, 1.82) is 0 Å². The first-order valence-electron chi connectivity index (χ1n) is 10.5. The van der Waals surface area contributed by atoms with Crippen LogP contribution in [0.1, 0.15) is 36.7 Å². The summed E-state index contributed by atoms with van der Waals surface area (Å²) in [5.74, 6) is 3.13. The minimum Gasteiger partial charge on any atom is -0.491 e. The molecule has 1 heterocycles. The molecular weight excluding hydrogens is 372 g/mol. The second-order valence-electron chi connectivity index (χ2n) is 7.81. The molecule has 0 saturated carbocycles. The topological polar surface area (TPSA) is 36.3 Å². The smallest absolute Gasteiger partial charge is 0.148 e. The predicted octanol–water partition coefficient (Wildman–Crippen LogP) is 6.13. The van der Waals surface area contributed by atoms with Crippen LogP contribution in [-0.4, -0.2) is 16.2 Å². The van der Waals surface area contributed by atoms with E-state index in [4.69, 9.17) is 14.5 Å². The third kappa shape index (κ3) is 4.48. The molecule has 0 atom stereocenters. The molecule has 154 valence electrons. The van der Waals surface area contributed by atoms with E-state index in [-0.39, 0.29) is 0 Å². The van der Waals surface area contributed by atoms with Gasteiger partial charge in [-0.15, -0.1) is 0 Å². The third-order valence-corrected chi connectivity index (χ3v) is 5.21. The maximum absolute atomic E-state index is 6.23. The molecule has 0 amide bonds. The van der Waals surface area contributed by atoms with Gasteiger partial charge in [-0.2, -0.15) is 0 Å². The van der Waals surface area contributed by atoms with Crippen molar-refractivity contribution in [3.05, 3.63) is 89.7 Å². The van der Waals surface area contributed by atoms with Crippen LogP contribution in [0.5, 0.6) is 11.5 Å². The number of aromatic nitrogens is 2. The van der Waals surface area contributed by atoms with Crippen molar-refractivity contribution >= 4 is 11.0 Å². The summed E-state index contributed by atoms with van der Waals surface area (Å²) in [5, 5.41) is 0. The number of benzene rings is 3. The molecule has 0 radical (unpaired) electrons. The van der Waals surface area contributed by atoms with Crippen LogP contribution in [0.3, 0.4) is 0 Å². The molecule has 0 aliphatic heterocycles. The normalized spacial score (nSPS) is 11.2. The number of aryl methyl sites for hydroxylation is 1. The molecule has 0 fully saturated rings. The molecule has 0 saturated heterocycles. The van der Waals surface area contributed by atoms with E-state index in [2.05, 4.69) is 49.6 Å². The zero-order chi connectivity index (χ0) is 20.9. The van der Waals surface area contributed by atoms with Gasteiger partial charge in [-0.05, 0) is 54.3 Å². The predicted molar refractivity (Wildman–Crippen MR) is 121 cm³/mol. The second kappa shape index (κ2) is 9.04. The minimum atomic E-state index is 0.417. The van der Waals surface area contributed by atoms with Crippen LogP contribution in [-0.2, 0) is 13.2 Å². The molecule has 0 N–H and O–H groups in total. The Morgan fingerprint density at radius 2 is 1.67 bits per heavy atom. The molecule has 1 aromatic heterocycles. The average molecular weight is 401 g/mol. The molecule has 4 nitrogen and oxygen atoms in total. The van der Waals surface area contributed by atoms with Gasteiger partial charge >= 0.3 is 0 Å². The van der Waals surface area contributed by atoms with E-state index in [1.54, 1.807) is 0 Å². The highest BCUT2D eigenvalue weighted by atomic mass is 16.5. The van der Waals surface area contributed by atoms with E-state index in [1.165, 1.54) is 11.1 Å². The molecule has 0 unspecified atom stereocenters. The van der Waals surface area contributed by atoms with Gasteiger partial charge in [0.15, 0.2) is 0 Å². The van der Waals surface area contributed by atoms with Gasteiger partial charge in [0, 0.05) is 0 Å². The third-order valence-electron chi connectivity index (χ3n) is 5.21. The van der Waals surface area contributed by atoms with Gasteiger partial charge in [0.1, 0.15) is 30.5 Å². The Bertz CT molecular complexity index is 1120. The fraction of sp³-hybridized carbons (Fsp3) is 0.269. The summed E-state index contributed by atoms with van der Waals surface area (Å²) in [4.78, 5) is 4.80. The number of fused-ring (bicyclic) bond motifs is 1. The van der Waals surface area contributed by atoms with E-state index in [0.717, 1.165) is 28.4 Å². The lowest BCUT2D eigenvalue weighted by Crippen LogP contribution is -2.13. The number of nitrogens with zero attached hydrogens (tertiary/aromatic N) is 2. The molecule has 0 spiro atoms. The summed E-state index contributed by atoms with van der Waals surface area (Å²) < 4.78 is 14.4. The van der Waals surface area contributed by atoms with E-state index < -0.39 is 0 Å². The number of ether oxygens (including phenoxy) is 2. The van der Waals surface area contributed by atoms with Crippen LogP contribution in [0, 0.1) is 6.92 Å². The molecule has 0 aliphatic rings. The molecule has 4 heteroatoms. The van der Waals surface area contributed by atoms with Crippen LogP contribution in [0.15, 0.2) is 72.8 Å². The Labute approximate surface area is 178 Å². The van der Waals surface area contributed by atoms with Crippen LogP contribution in [0.25, 0.3) is 11.0 Å². The summed E-state index contributed by atoms with van der Waals surface area (Å²) in [6.45, 7) is 8.18. The van der Waals surface area contributed by atoms with Crippen LogP contribution in [0.4, 0.5) is 0 Å². The zero-order valence-corrected chi connectivity index (χ0v) is 17.8. The average Bonchev–Trinajstić information content (AvgIpc) is 3.10. The van der Waals surface area contributed by atoms with E-state index >= 15 is 0 Å². The monoisotopic (exact) mass is 400 g/mol. The lowest BCUT2D eigenvalue weighted by molar-refractivity contribution is 0.271. The van der Waals surface area contributed by atoms with Gasteiger partial charge in [-0.3, -0.25) is 0 Å². The van der Waals surface area contributed by atoms with Gasteiger partial charge in [0.05, 0.1) is 17.6 Å². The number of rotatable bonds is 8. The van der Waals surface area contributed by atoms with Gasteiger partial charge < -0.3 is 14.0 Å². The molecule has 0 bridgehead atoms. The number of para-hydroxylation sites is 3. The molecule has 0 aliphatic carbocycles. The molecule has 4 rings (SSSR count). The minimum absolute atomic E-state index is 0.417. The molecule has 30 heavy (non-hydrogen) atoms. The van der Waals surface area contributed by atoms with Gasteiger partial charge in [0.2, 0.25) is 0 Å². The molecular formula is C26H28N2O2. The van der Waals surface area contributed by atoms with Gasteiger partial charge in [0.25, 0.3) is 0 Å². The largest absolute Gasteiger partial charge is 0.491 e. The Morgan fingerprint density at radius 3 is 2.47 bits per heavy atom. The molecule has 4 aromatic rings. The van der Waals surface area contributed by atoms with Crippen LogP contribution < -0.4 is 9.47 Å². The van der Waals surface area contributed by atoms with Gasteiger partial charge in [-0.25, -0.2) is 4.98 Å². The van der Waals surface area contributed by atoms with E-state index in [9.17, 15) is 0 Å². The summed E-state index contributed by atoms with van der Waals surface area (Å²) >= 11 is 0. The Morgan fingerprint density at radius 1 is 0.900 bits per heavy atom. The van der Waals surface area contributed by atoms with Crippen molar-refractivity contribution in [3.63, 3.8) is 0 Å². The standard InChI is InChI=1S/C26H28N2O2/c1-19(2)22-14-13-20(3)17-25(22)29-16-15-28-24-12-8-7-11-23(24)27-26(28)18-30-21-9-5-4-6-10-21/h4-14,17,19H,15-16,18H2,1-3H3. The molecule has 3 aromatic carbocycles. The zero-order valence-electron chi connectivity index (χ0n) is 17.8. The highest BCUT2D eigenvalue weighted by Gasteiger charge is 2.13. The van der Waals surface area contributed by atoms with Gasteiger partial charge in [-0.1, -0.05) is 56.3 Å². The van der Waals surface area contributed by atoms with Crippen LogP contribution in [0.2, 0.25) is 0 Å². The van der Waals surface area contributed by atoms with E-state index in [0.29, 0.717) is 25.7 Å². The first kappa shape index (κ1) is 20.0. The number of hydrogen-bond donors (Lipinski definition) is 0. The van der Waals surface area contributed by atoms with Crippen molar-refractivity contribution in [1.82, 2.24) is 9.55 Å². The lowest BCUT2D eigenvalue weighted by Gasteiger charge is -2.16. The lowest BCUT2D eigenvalue weighted by atomic mass is 10.0. The van der Waals surface area contributed by atoms with Crippen molar-refractivity contribution in [3.8, 4) is 11.5 Å². The first-order chi connectivity index (χ1) is 14.6. The summed E-state index contributed by atoms with van der Waals surface area (Å²) in [6, 6.07) is 24.5. The maximum atomic E-state index is 6.23. The second-order valence-corrected chi connectivity index (χ2v) is 7.81. The van der Waals surface area contributed by atoms with Crippen molar-refractivity contribution in [2.45, 2.75) is 39.8 Å². The SMILES string of the molecule is Cc1ccc(C(C)C)c(OCCn2c(COc3ccccc3)nc3ccccc32)c1. The number of imidazole rings is 1. The van der Waals surface area contributed by atoms with Crippen LogP contribution >= 0.6 is 0 Å². The Kier molecular flexibility index (Phi) is 6.03. The fourth-order valence-corrected chi connectivity index (χ4v) is 3.64. The summed E-state index contributed by atoms with van der Waals surface area (Å²) in [7, 11) is 0. The Hall–Kier alpha value is -3.27. The maximum Gasteiger partial charge on any atom is 0.148 e. The Balaban J connectivity index is 1.53.